The van der Waals surface area contributed by atoms with Gasteiger partial charge >= 0.3 is 0 Å². The van der Waals surface area contributed by atoms with Gasteiger partial charge in [0.25, 0.3) is 0 Å². The first-order valence-corrected chi connectivity index (χ1v) is 22.0. The van der Waals surface area contributed by atoms with Crippen LogP contribution in [0.15, 0.2) is 219 Å². The fourth-order valence-corrected chi connectivity index (χ4v) is 11.0. The van der Waals surface area contributed by atoms with Gasteiger partial charge in [-0.1, -0.05) is 152 Å². The molecule has 0 N–H and O–H groups in total. The minimum absolute atomic E-state index is 0.898. The molecule has 0 saturated carbocycles. The molecule has 0 aliphatic heterocycles. The summed E-state index contributed by atoms with van der Waals surface area (Å²) in [5.41, 5.74) is 16.1. The van der Waals surface area contributed by atoms with Crippen LogP contribution in [0.5, 0.6) is 0 Å². The molecule has 13 aromatic rings. The highest BCUT2D eigenvalue weighted by Gasteiger charge is 2.28. The second-order valence-electron chi connectivity index (χ2n) is 17.2. The van der Waals surface area contributed by atoms with Gasteiger partial charge in [-0.25, -0.2) is 4.98 Å². The average molecular weight is 812 g/mol. The molecule has 1 aliphatic carbocycles. The zero-order valence-corrected chi connectivity index (χ0v) is 34.8. The van der Waals surface area contributed by atoms with E-state index in [2.05, 4.69) is 215 Å². The molecule has 0 saturated heterocycles. The Bertz CT molecular complexity index is 4070. The van der Waals surface area contributed by atoms with Crippen LogP contribution >= 0.6 is 0 Å². The molecule has 3 nitrogen and oxygen atoms in total. The molecule has 3 heteroatoms. The third-order valence-electron chi connectivity index (χ3n) is 13.8. The van der Waals surface area contributed by atoms with E-state index < -0.39 is 0 Å². The molecule has 3 heterocycles. The molecule has 0 spiro atoms. The molecular weight excluding hydrogens is 775 g/mol. The average Bonchev–Trinajstić information content (AvgIpc) is 3.98. The molecule has 1 aliphatic rings. The van der Waals surface area contributed by atoms with E-state index in [1.165, 1.54) is 92.7 Å². The number of rotatable bonds is 4. The number of fused-ring (bicyclic) bond motifs is 15. The van der Waals surface area contributed by atoms with Crippen LogP contribution < -0.4 is 0 Å². The van der Waals surface area contributed by atoms with Crippen molar-refractivity contribution < 1.29 is 0 Å². The summed E-state index contributed by atoms with van der Waals surface area (Å²) in [6.07, 6.45) is 1.96. The number of para-hydroxylation sites is 3. The summed E-state index contributed by atoms with van der Waals surface area (Å²) in [5.74, 6) is 0.898. The van der Waals surface area contributed by atoms with E-state index in [1.807, 2.05) is 6.20 Å². The highest BCUT2D eigenvalue weighted by Crippen LogP contribution is 2.48. The van der Waals surface area contributed by atoms with Crippen LogP contribution in [-0.4, -0.2) is 14.1 Å². The number of hydrogen-bond acceptors (Lipinski definition) is 1. The molecule has 3 aromatic heterocycles. The SMILES string of the molecule is C=C1c2ccc(-c3cccc(-c4ccc5c6ccccc6c6ccccc6c5c4)c3)cc2-c2ccnc(-n3c4ccccc4c4cc(-n5c6ccccc6c6ccccc65)ccc43)c21. The molecule has 0 fully saturated rings. The lowest BCUT2D eigenvalue weighted by Gasteiger charge is -2.13. The predicted molar refractivity (Wildman–Crippen MR) is 270 cm³/mol. The normalized spacial score (nSPS) is 12.4. The molecule has 0 amide bonds. The van der Waals surface area contributed by atoms with Crippen LogP contribution in [-0.2, 0) is 0 Å². The summed E-state index contributed by atoms with van der Waals surface area (Å²) in [5, 5.41) is 12.6. The lowest BCUT2D eigenvalue weighted by atomic mass is 9.91. The maximum Gasteiger partial charge on any atom is 0.146 e. The van der Waals surface area contributed by atoms with Gasteiger partial charge in [0.1, 0.15) is 5.82 Å². The lowest BCUT2D eigenvalue weighted by molar-refractivity contribution is 1.07. The predicted octanol–water partition coefficient (Wildman–Crippen LogP) is 16.1. The van der Waals surface area contributed by atoms with Crippen molar-refractivity contribution in [1.29, 1.82) is 0 Å². The zero-order chi connectivity index (χ0) is 42.0. The highest BCUT2D eigenvalue weighted by atomic mass is 15.1. The first-order valence-electron chi connectivity index (χ1n) is 22.0. The molecule has 0 bridgehead atoms. The topological polar surface area (TPSA) is 22.8 Å². The number of nitrogens with zero attached hydrogens (tertiary/aromatic N) is 3. The molecule has 0 radical (unpaired) electrons. The second kappa shape index (κ2) is 13.2. The van der Waals surface area contributed by atoms with Crippen LogP contribution in [0, 0.1) is 0 Å². The number of hydrogen-bond donors (Lipinski definition) is 0. The third kappa shape index (κ3) is 4.89. The Morgan fingerprint density at radius 1 is 0.312 bits per heavy atom. The van der Waals surface area contributed by atoms with Crippen molar-refractivity contribution >= 4 is 81.5 Å². The minimum Gasteiger partial charge on any atom is -0.309 e. The first kappa shape index (κ1) is 35.1. The van der Waals surface area contributed by atoms with Crippen LogP contribution in [0.4, 0.5) is 0 Å². The number of pyridine rings is 1. The fraction of sp³-hybridized carbons (Fsp3) is 0. The largest absolute Gasteiger partial charge is 0.309 e. The molecule has 64 heavy (non-hydrogen) atoms. The number of aromatic nitrogens is 3. The molecular formula is C61H37N3. The molecule has 296 valence electrons. The van der Waals surface area contributed by atoms with Crippen LogP contribution in [0.2, 0.25) is 0 Å². The van der Waals surface area contributed by atoms with Crippen LogP contribution in [0.1, 0.15) is 11.1 Å². The Kier molecular flexibility index (Phi) is 7.26. The fourth-order valence-electron chi connectivity index (χ4n) is 11.0. The first-order chi connectivity index (χ1) is 31.7. The van der Waals surface area contributed by atoms with E-state index in [1.54, 1.807) is 0 Å². The Balaban J connectivity index is 0.884. The smallest absolute Gasteiger partial charge is 0.146 e. The van der Waals surface area contributed by atoms with E-state index in [0.29, 0.717) is 0 Å². The Morgan fingerprint density at radius 2 is 0.812 bits per heavy atom. The van der Waals surface area contributed by atoms with Gasteiger partial charge < -0.3 is 4.57 Å². The lowest BCUT2D eigenvalue weighted by Crippen LogP contribution is -2.02. The second-order valence-corrected chi connectivity index (χ2v) is 17.2. The zero-order valence-electron chi connectivity index (χ0n) is 34.8. The quantitative estimate of drug-likeness (QED) is 0.162. The van der Waals surface area contributed by atoms with Gasteiger partial charge in [0.2, 0.25) is 0 Å². The summed E-state index contributed by atoms with van der Waals surface area (Å²) in [7, 11) is 0. The van der Waals surface area contributed by atoms with E-state index in [4.69, 9.17) is 11.6 Å². The summed E-state index contributed by atoms with van der Waals surface area (Å²) < 4.78 is 4.74. The van der Waals surface area contributed by atoms with E-state index in [9.17, 15) is 0 Å². The maximum atomic E-state index is 5.16. The van der Waals surface area contributed by atoms with Gasteiger partial charge in [0.05, 0.1) is 22.1 Å². The summed E-state index contributed by atoms with van der Waals surface area (Å²) in [6, 6.07) is 75.5. The third-order valence-corrected chi connectivity index (χ3v) is 13.8. The van der Waals surface area contributed by atoms with Gasteiger partial charge in [0.15, 0.2) is 0 Å². The molecule has 14 rings (SSSR count). The van der Waals surface area contributed by atoms with Crippen molar-refractivity contribution in [3.05, 3.63) is 230 Å². The minimum atomic E-state index is 0.898. The molecule has 0 unspecified atom stereocenters. The van der Waals surface area contributed by atoms with Crippen molar-refractivity contribution in [1.82, 2.24) is 14.1 Å². The monoisotopic (exact) mass is 811 g/mol. The summed E-state index contributed by atoms with van der Waals surface area (Å²) >= 11 is 0. The van der Waals surface area contributed by atoms with Crippen molar-refractivity contribution in [2.75, 3.05) is 0 Å². The highest BCUT2D eigenvalue weighted by molar-refractivity contribution is 6.26. The van der Waals surface area contributed by atoms with E-state index in [0.717, 1.165) is 44.8 Å². The van der Waals surface area contributed by atoms with Gasteiger partial charge in [0, 0.05) is 39.0 Å². The van der Waals surface area contributed by atoms with Crippen molar-refractivity contribution in [2.24, 2.45) is 0 Å². The Hall–Kier alpha value is -8.53. The van der Waals surface area contributed by atoms with Gasteiger partial charge in [-0.15, -0.1) is 0 Å². The maximum absolute atomic E-state index is 5.16. The molecule has 10 aromatic carbocycles. The van der Waals surface area contributed by atoms with Gasteiger partial charge in [-0.2, -0.15) is 0 Å². The Labute approximate surface area is 369 Å². The van der Waals surface area contributed by atoms with E-state index in [-0.39, 0.29) is 0 Å². The van der Waals surface area contributed by atoms with Crippen LogP contribution in [0.25, 0.3) is 126 Å². The van der Waals surface area contributed by atoms with Crippen molar-refractivity contribution in [3.63, 3.8) is 0 Å². The van der Waals surface area contributed by atoms with Crippen molar-refractivity contribution in [3.8, 4) is 44.9 Å². The summed E-state index contributed by atoms with van der Waals surface area (Å²) in [4.78, 5) is 5.16. The van der Waals surface area contributed by atoms with Gasteiger partial charge in [-0.3, -0.25) is 4.57 Å². The van der Waals surface area contributed by atoms with Crippen molar-refractivity contribution in [2.45, 2.75) is 0 Å². The Morgan fingerprint density at radius 3 is 1.47 bits per heavy atom. The standard InChI is InChI=1S/C61H37N3/c1-37-43-28-25-40(38-13-12-14-39(33-38)41-26-29-48-46-17-3-2-15-44(46)45-16-4-5-18-47(45)54(48)35-41)34-53(43)52-31-32-62-61(60(37)52)64-58-24-11-8-21-51(58)55-36-42(27-30-59(55)64)63-56-22-9-6-19-49(56)50-20-7-10-23-57(50)63/h2-36H,1H2. The molecule has 0 atom stereocenters. The number of benzene rings is 10. The van der Waals surface area contributed by atoms with Crippen LogP contribution in [0.3, 0.4) is 0 Å². The van der Waals surface area contributed by atoms with E-state index >= 15 is 0 Å². The summed E-state index contributed by atoms with van der Waals surface area (Å²) in [6.45, 7) is 4.74. The van der Waals surface area contributed by atoms with Gasteiger partial charge in [-0.05, 0) is 137 Å².